The monoisotopic (exact) mass is 349 g/mol. The number of hydrogen-bond donors (Lipinski definition) is 1. The van der Waals surface area contributed by atoms with Gasteiger partial charge in [0.2, 0.25) is 5.91 Å². The summed E-state index contributed by atoms with van der Waals surface area (Å²) in [6, 6.07) is 5.91. The van der Waals surface area contributed by atoms with Crippen LogP contribution in [0.2, 0.25) is 0 Å². The number of carbonyl (C=O) groups excluding carboxylic acids is 1. The Bertz CT molecular complexity index is 717. The molecule has 1 aromatic carbocycles. The summed E-state index contributed by atoms with van der Waals surface area (Å²) in [5.41, 5.74) is -0.334. The van der Waals surface area contributed by atoms with Gasteiger partial charge in [0, 0.05) is 25.1 Å². The van der Waals surface area contributed by atoms with Crippen LogP contribution in [0.5, 0.6) is 0 Å². The Morgan fingerprint density at radius 2 is 2.04 bits per heavy atom. The predicted octanol–water partition coefficient (Wildman–Crippen LogP) is 2.18. The van der Waals surface area contributed by atoms with Gasteiger partial charge in [0.05, 0.1) is 24.5 Å². The summed E-state index contributed by atoms with van der Waals surface area (Å²) < 4.78 is 25.0. The Hall–Kier alpha value is -1.99. The fourth-order valence-electron chi connectivity index (χ4n) is 4.54. The van der Waals surface area contributed by atoms with E-state index >= 15 is 0 Å². The third kappa shape index (κ3) is 2.71. The molecule has 3 aliphatic rings. The molecule has 2 saturated heterocycles. The Morgan fingerprint density at radius 3 is 2.72 bits per heavy atom. The van der Waals surface area contributed by atoms with Gasteiger partial charge in [0.15, 0.2) is 5.79 Å². The lowest BCUT2D eigenvalue weighted by Crippen LogP contribution is -2.50. The Labute approximate surface area is 144 Å². The highest BCUT2D eigenvalue weighted by atomic mass is 19.1. The van der Waals surface area contributed by atoms with Crippen LogP contribution in [0, 0.1) is 17.2 Å². The van der Waals surface area contributed by atoms with E-state index in [0.717, 1.165) is 0 Å². The van der Waals surface area contributed by atoms with E-state index in [9.17, 15) is 19.1 Å². The fraction of sp³-hybridized carbons (Fsp3) is 0.556. The number of ether oxygens (including phenoxy) is 2. The SMILES string of the molecule is O=C(O)C1CC2(C[C@@]3(CCN(c4cccc(F)c4)C3=O)C1)OCCO2. The number of carboxylic acids is 1. The molecular weight excluding hydrogens is 329 g/mol. The van der Waals surface area contributed by atoms with Crippen molar-refractivity contribution in [2.45, 2.75) is 31.5 Å². The predicted molar refractivity (Wildman–Crippen MR) is 85.4 cm³/mol. The number of carboxylic acid groups (broad SMARTS) is 1. The molecule has 2 spiro atoms. The standard InChI is InChI=1S/C18H20FNO5/c19-13-2-1-3-14(8-13)20-5-4-17(16(20)23)9-12(15(21)22)10-18(11-17)24-6-7-25-18/h1-3,8,12H,4-7,9-11H2,(H,21,22)/t12?,17-/m1/s1. The van der Waals surface area contributed by atoms with Crippen molar-refractivity contribution in [1.82, 2.24) is 0 Å². The molecule has 1 amide bonds. The second-order valence-corrected chi connectivity index (χ2v) is 7.19. The maximum Gasteiger partial charge on any atom is 0.306 e. The lowest BCUT2D eigenvalue weighted by molar-refractivity contribution is -0.215. The van der Waals surface area contributed by atoms with E-state index in [4.69, 9.17) is 9.47 Å². The average Bonchev–Trinajstić information content (AvgIpc) is 3.13. The van der Waals surface area contributed by atoms with E-state index in [1.54, 1.807) is 17.0 Å². The summed E-state index contributed by atoms with van der Waals surface area (Å²) in [6.07, 6.45) is 1.40. The number of anilines is 1. The molecule has 2 aliphatic heterocycles. The minimum atomic E-state index is -0.991. The van der Waals surface area contributed by atoms with E-state index in [1.807, 2.05) is 0 Å². The van der Waals surface area contributed by atoms with E-state index < -0.39 is 28.9 Å². The van der Waals surface area contributed by atoms with E-state index in [1.165, 1.54) is 12.1 Å². The van der Waals surface area contributed by atoms with Crippen molar-refractivity contribution >= 4 is 17.6 Å². The van der Waals surface area contributed by atoms with Crippen LogP contribution < -0.4 is 4.90 Å². The highest BCUT2D eigenvalue weighted by molar-refractivity contribution is 6.00. The zero-order chi connectivity index (χ0) is 17.7. The van der Waals surface area contributed by atoms with Gasteiger partial charge < -0.3 is 19.5 Å². The van der Waals surface area contributed by atoms with Crippen LogP contribution in [-0.4, -0.2) is 42.5 Å². The molecule has 1 unspecified atom stereocenters. The molecule has 4 rings (SSSR count). The number of nitrogens with zero attached hydrogens (tertiary/aromatic N) is 1. The summed E-state index contributed by atoms with van der Waals surface area (Å²) >= 11 is 0. The minimum Gasteiger partial charge on any atom is -0.481 e. The molecule has 1 N–H and O–H groups in total. The third-order valence-electron chi connectivity index (χ3n) is 5.60. The Morgan fingerprint density at radius 1 is 1.28 bits per heavy atom. The van der Waals surface area contributed by atoms with Crippen LogP contribution in [0.15, 0.2) is 24.3 Å². The van der Waals surface area contributed by atoms with Crippen LogP contribution in [0.4, 0.5) is 10.1 Å². The van der Waals surface area contributed by atoms with Crippen molar-refractivity contribution in [2.24, 2.45) is 11.3 Å². The second kappa shape index (κ2) is 5.78. The number of hydrogen-bond acceptors (Lipinski definition) is 4. The molecule has 134 valence electrons. The molecule has 1 aromatic rings. The number of benzene rings is 1. The highest BCUT2D eigenvalue weighted by Crippen LogP contribution is 2.53. The largest absolute Gasteiger partial charge is 0.481 e. The van der Waals surface area contributed by atoms with Gasteiger partial charge in [-0.15, -0.1) is 0 Å². The maximum atomic E-state index is 13.5. The molecule has 7 heteroatoms. The number of rotatable bonds is 2. The molecule has 2 heterocycles. The Kier molecular flexibility index (Phi) is 3.81. The van der Waals surface area contributed by atoms with Crippen molar-refractivity contribution in [1.29, 1.82) is 0 Å². The number of halogens is 1. The number of amides is 1. The Balaban J connectivity index is 1.66. The molecular formula is C18H20FNO5. The molecule has 1 saturated carbocycles. The summed E-state index contributed by atoms with van der Waals surface area (Å²) in [5.74, 6) is -3.19. The average molecular weight is 349 g/mol. The van der Waals surface area contributed by atoms with Crippen molar-refractivity contribution in [3.63, 3.8) is 0 Å². The normalized spacial score (nSPS) is 31.2. The van der Waals surface area contributed by atoms with Gasteiger partial charge in [0.25, 0.3) is 0 Å². The smallest absolute Gasteiger partial charge is 0.306 e. The van der Waals surface area contributed by atoms with Gasteiger partial charge >= 0.3 is 5.97 Å². The number of carbonyl (C=O) groups is 2. The molecule has 3 fully saturated rings. The zero-order valence-electron chi connectivity index (χ0n) is 13.7. The van der Waals surface area contributed by atoms with Crippen LogP contribution in [0.25, 0.3) is 0 Å². The van der Waals surface area contributed by atoms with Gasteiger partial charge in [-0.2, -0.15) is 0 Å². The molecule has 6 nitrogen and oxygen atoms in total. The lowest BCUT2D eigenvalue weighted by atomic mass is 9.66. The summed E-state index contributed by atoms with van der Waals surface area (Å²) in [5, 5.41) is 9.55. The van der Waals surface area contributed by atoms with Gasteiger partial charge in [-0.25, -0.2) is 4.39 Å². The minimum absolute atomic E-state index is 0.164. The van der Waals surface area contributed by atoms with Gasteiger partial charge in [0.1, 0.15) is 5.82 Å². The first-order chi connectivity index (χ1) is 11.9. The summed E-state index contributed by atoms with van der Waals surface area (Å²) in [4.78, 5) is 26.4. The van der Waals surface area contributed by atoms with Crippen molar-refractivity contribution < 1.29 is 28.6 Å². The quantitative estimate of drug-likeness (QED) is 0.886. The maximum absolute atomic E-state index is 13.5. The van der Waals surface area contributed by atoms with Gasteiger partial charge in [-0.1, -0.05) is 6.07 Å². The van der Waals surface area contributed by atoms with E-state index in [-0.39, 0.29) is 18.7 Å². The molecule has 1 aliphatic carbocycles. The molecule has 0 radical (unpaired) electrons. The first-order valence-corrected chi connectivity index (χ1v) is 8.51. The topological polar surface area (TPSA) is 76.1 Å². The first-order valence-electron chi connectivity index (χ1n) is 8.51. The van der Waals surface area contributed by atoms with E-state index in [2.05, 4.69) is 0 Å². The lowest BCUT2D eigenvalue weighted by Gasteiger charge is -2.44. The molecule has 0 aromatic heterocycles. The van der Waals surface area contributed by atoms with Crippen LogP contribution in [0.3, 0.4) is 0 Å². The summed E-state index contributed by atoms with van der Waals surface area (Å²) in [7, 11) is 0. The van der Waals surface area contributed by atoms with Crippen LogP contribution >= 0.6 is 0 Å². The second-order valence-electron chi connectivity index (χ2n) is 7.19. The van der Waals surface area contributed by atoms with Crippen LogP contribution in [-0.2, 0) is 19.1 Å². The third-order valence-corrected chi connectivity index (χ3v) is 5.60. The molecule has 2 atom stereocenters. The zero-order valence-corrected chi connectivity index (χ0v) is 13.7. The van der Waals surface area contributed by atoms with Crippen LogP contribution in [0.1, 0.15) is 25.7 Å². The van der Waals surface area contributed by atoms with Crippen molar-refractivity contribution in [2.75, 3.05) is 24.7 Å². The van der Waals surface area contributed by atoms with Gasteiger partial charge in [-0.3, -0.25) is 9.59 Å². The first kappa shape index (κ1) is 16.5. The van der Waals surface area contributed by atoms with Gasteiger partial charge in [-0.05, 0) is 31.0 Å². The molecule has 25 heavy (non-hydrogen) atoms. The van der Waals surface area contributed by atoms with Crippen molar-refractivity contribution in [3.8, 4) is 0 Å². The van der Waals surface area contributed by atoms with E-state index in [0.29, 0.717) is 38.3 Å². The molecule has 0 bridgehead atoms. The number of aliphatic carboxylic acids is 1. The fourth-order valence-corrected chi connectivity index (χ4v) is 4.54. The summed E-state index contributed by atoms with van der Waals surface area (Å²) in [6.45, 7) is 1.25. The highest BCUT2D eigenvalue weighted by Gasteiger charge is 2.59. The van der Waals surface area contributed by atoms with Crippen molar-refractivity contribution in [3.05, 3.63) is 30.1 Å².